The van der Waals surface area contributed by atoms with Gasteiger partial charge < -0.3 is 10.0 Å². The van der Waals surface area contributed by atoms with Crippen LogP contribution in [0.3, 0.4) is 0 Å². The Morgan fingerprint density at radius 2 is 2.06 bits per heavy atom. The van der Waals surface area contributed by atoms with Crippen LogP contribution >= 0.6 is 0 Å². The molecule has 1 aliphatic rings. The summed E-state index contributed by atoms with van der Waals surface area (Å²) in [7, 11) is 0. The summed E-state index contributed by atoms with van der Waals surface area (Å²) in [5.74, 6) is 0.125. The van der Waals surface area contributed by atoms with Gasteiger partial charge in [0.25, 0.3) is 5.91 Å². The molecule has 0 bridgehead atoms. The Morgan fingerprint density at radius 1 is 1.33 bits per heavy atom. The molecule has 1 amide bonds. The number of carbonyl (C=O) groups excluding carboxylic acids is 1. The lowest BCUT2D eigenvalue weighted by molar-refractivity contribution is 0.0648. The van der Waals surface area contributed by atoms with Crippen LogP contribution in [0, 0.1) is 0 Å². The van der Waals surface area contributed by atoms with E-state index in [4.69, 9.17) is 0 Å². The molecule has 0 fully saturated rings. The molecule has 1 heterocycles. The third kappa shape index (κ3) is 2.15. The van der Waals surface area contributed by atoms with E-state index < -0.39 is 0 Å². The van der Waals surface area contributed by atoms with Crippen molar-refractivity contribution in [3.05, 3.63) is 34.9 Å². The first kappa shape index (κ1) is 13.1. The highest BCUT2D eigenvalue weighted by atomic mass is 16.3. The molecule has 98 valence electrons. The molecular formula is C15H21NO2. The van der Waals surface area contributed by atoms with Gasteiger partial charge in [0.2, 0.25) is 0 Å². The fraction of sp³-hybridized carbons (Fsp3) is 0.533. The number of carbonyl (C=O) groups is 1. The summed E-state index contributed by atoms with van der Waals surface area (Å²) in [5, 5.41) is 9.32. The first-order chi connectivity index (χ1) is 8.72. The van der Waals surface area contributed by atoms with Crippen molar-refractivity contribution in [3.8, 4) is 0 Å². The van der Waals surface area contributed by atoms with Crippen molar-refractivity contribution in [2.24, 2.45) is 0 Å². The zero-order chi connectivity index (χ0) is 13.1. The second-order valence-electron chi connectivity index (χ2n) is 4.82. The van der Waals surface area contributed by atoms with E-state index in [-0.39, 0.29) is 12.5 Å². The standard InChI is InChI=1S/C15H21NO2/c1-3-12(4-2)16-9-8-13-11(10-17)6-5-7-14(13)15(16)18/h5-7,12,17H,3-4,8-10H2,1-2H3. The van der Waals surface area contributed by atoms with E-state index in [0.717, 1.165) is 42.5 Å². The van der Waals surface area contributed by atoms with Crippen molar-refractivity contribution in [2.75, 3.05) is 6.54 Å². The molecule has 0 radical (unpaired) electrons. The Morgan fingerprint density at radius 3 is 2.67 bits per heavy atom. The summed E-state index contributed by atoms with van der Waals surface area (Å²) >= 11 is 0. The maximum absolute atomic E-state index is 12.5. The average Bonchev–Trinajstić information content (AvgIpc) is 2.42. The quantitative estimate of drug-likeness (QED) is 0.887. The molecule has 0 aliphatic carbocycles. The molecule has 2 rings (SSSR count). The summed E-state index contributed by atoms with van der Waals surface area (Å²) in [5.41, 5.74) is 2.71. The molecule has 1 aliphatic heterocycles. The van der Waals surface area contributed by atoms with E-state index in [1.165, 1.54) is 0 Å². The predicted molar refractivity (Wildman–Crippen MR) is 71.5 cm³/mol. The van der Waals surface area contributed by atoms with Gasteiger partial charge in [-0.1, -0.05) is 26.0 Å². The van der Waals surface area contributed by atoms with Crippen molar-refractivity contribution in [1.29, 1.82) is 0 Å². The molecule has 0 aromatic heterocycles. The zero-order valence-electron chi connectivity index (χ0n) is 11.1. The third-order valence-electron chi connectivity index (χ3n) is 3.92. The largest absolute Gasteiger partial charge is 0.392 e. The van der Waals surface area contributed by atoms with Crippen molar-refractivity contribution in [1.82, 2.24) is 4.90 Å². The highest BCUT2D eigenvalue weighted by molar-refractivity contribution is 5.97. The highest BCUT2D eigenvalue weighted by Crippen LogP contribution is 2.25. The maximum Gasteiger partial charge on any atom is 0.254 e. The average molecular weight is 247 g/mol. The summed E-state index contributed by atoms with van der Waals surface area (Å²) in [6.45, 7) is 5.04. The summed E-state index contributed by atoms with van der Waals surface area (Å²) < 4.78 is 0. The zero-order valence-corrected chi connectivity index (χ0v) is 11.1. The minimum atomic E-state index is 0.0153. The SMILES string of the molecule is CCC(CC)N1CCc2c(CO)cccc2C1=O. The minimum Gasteiger partial charge on any atom is -0.392 e. The normalized spacial score (nSPS) is 15.1. The first-order valence-corrected chi connectivity index (χ1v) is 6.75. The van der Waals surface area contributed by atoms with Gasteiger partial charge in [-0.15, -0.1) is 0 Å². The number of rotatable bonds is 4. The Kier molecular flexibility index (Phi) is 4.02. The number of fused-ring (bicyclic) bond motifs is 1. The van der Waals surface area contributed by atoms with Crippen LogP contribution in [-0.2, 0) is 13.0 Å². The van der Waals surface area contributed by atoms with Crippen molar-refractivity contribution < 1.29 is 9.90 Å². The van der Waals surface area contributed by atoms with Gasteiger partial charge in [-0.3, -0.25) is 4.79 Å². The Bertz CT molecular complexity index is 438. The van der Waals surface area contributed by atoms with Crippen LogP contribution in [0.5, 0.6) is 0 Å². The summed E-state index contributed by atoms with van der Waals surface area (Å²) in [6.07, 6.45) is 2.85. The summed E-state index contributed by atoms with van der Waals surface area (Å²) in [4.78, 5) is 14.5. The van der Waals surface area contributed by atoms with Crippen LogP contribution in [0.2, 0.25) is 0 Å². The van der Waals surface area contributed by atoms with Gasteiger partial charge in [0.15, 0.2) is 0 Å². The minimum absolute atomic E-state index is 0.0153. The molecule has 18 heavy (non-hydrogen) atoms. The number of hydrogen-bond donors (Lipinski definition) is 1. The van der Waals surface area contributed by atoms with E-state index in [1.54, 1.807) is 0 Å². The number of nitrogens with zero attached hydrogens (tertiary/aromatic N) is 1. The van der Waals surface area contributed by atoms with Crippen LogP contribution in [-0.4, -0.2) is 28.5 Å². The number of benzene rings is 1. The van der Waals surface area contributed by atoms with Gasteiger partial charge in [0.1, 0.15) is 0 Å². The van der Waals surface area contributed by atoms with Crippen LogP contribution in [0.4, 0.5) is 0 Å². The van der Waals surface area contributed by atoms with Gasteiger partial charge in [-0.05, 0) is 36.5 Å². The molecule has 1 N–H and O–H groups in total. The fourth-order valence-electron chi connectivity index (χ4n) is 2.84. The van der Waals surface area contributed by atoms with E-state index >= 15 is 0 Å². The van der Waals surface area contributed by atoms with E-state index in [9.17, 15) is 9.90 Å². The monoisotopic (exact) mass is 247 g/mol. The van der Waals surface area contributed by atoms with Crippen molar-refractivity contribution in [3.63, 3.8) is 0 Å². The number of aliphatic hydroxyl groups is 1. The molecule has 3 heteroatoms. The number of hydrogen-bond acceptors (Lipinski definition) is 2. The topological polar surface area (TPSA) is 40.5 Å². The highest BCUT2D eigenvalue weighted by Gasteiger charge is 2.29. The van der Waals surface area contributed by atoms with E-state index in [1.807, 2.05) is 23.1 Å². The second kappa shape index (κ2) is 5.53. The lowest BCUT2D eigenvalue weighted by Crippen LogP contribution is -2.44. The van der Waals surface area contributed by atoms with E-state index in [2.05, 4.69) is 13.8 Å². The number of aliphatic hydroxyl groups excluding tert-OH is 1. The predicted octanol–water partition coefficient (Wildman–Crippen LogP) is 2.37. The Hall–Kier alpha value is -1.35. The van der Waals surface area contributed by atoms with Crippen LogP contribution in [0.25, 0.3) is 0 Å². The first-order valence-electron chi connectivity index (χ1n) is 6.75. The maximum atomic E-state index is 12.5. The van der Waals surface area contributed by atoms with Gasteiger partial charge in [-0.25, -0.2) is 0 Å². The molecule has 1 aromatic carbocycles. The molecule has 0 unspecified atom stereocenters. The second-order valence-corrected chi connectivity index (χ2v) is 4.82. The third-order valence-corrected chi connectivity index (χ3v) is 3.92. The molecule has 0 spiro atoms. The molecule has 0 saturated heterocycles. The fourth-order valence-corrected chi connectivity index (χ4v) is 2.84. The van der Waals surface area contributed by atoms with Crippen molar-refractivity contribution in [2.45, 2.75) is 45.8 Å². The molecule has 0 atom stereocenters. The molecular weight excluding hydrogens is 226 g/mol. The molecule has 0 saturated carbocycles. The molecule has 3 nitrogen and oxygen atoms in total. The van der Waals surface area contributed by atoms with Crippen molar-refractivity contribution >= 4 is 5.91 Å². The van der Waals surface area contributed by atoms with Gasteiger partial charge >= 0.3 is 0 Å². The van der Waals surface area contributed by atoms with Gasteiger partial charge in [0, 0.05) is 18.2 Å². The lowest BCUT2D eigenvalue weighted by atomic mass is 9.92. The van der Waals surface area contributed by atoms with Gasteiger partial charge in [0.05, 0.1) is 6.61 Å². The summed E-state index contributed by atoms with van der Waals surface area (Å²) in [6, 6.07) is 5.98. The smallest absolute Gasteiger partial charge is 0.254 e. The van der Waals surface area contributed by atoms with Crippen LogP contribution in [0.1, 0.15) is 48.2 Å². The van der Waals surface area contributed by atoms with Crippen LogP contribution < -0.4 is 0 Å². The van der Waals surface area contributed by atoms with E-state index in [0.29, 0.717) is 6.04 Å². The van der Waals surface area contributed by atoms with Crippen LogP contribution in [0.15, 0.2) is 18.2 Å². The Balaban J connectivity index is 2.34. The number of amides is 1. The van der Waals surface area contributed by atoms with Gasteiger partial charge in [-0.2, -0.15) is 0 Å². The lowest BCUT2D eigenvalue weighted by Gasteiger charge is -2.35. The Labute approximate surface area is 108 Å². The molecule has 1 aromatic rings.